The number of nitrogen functional groups attached to an aromatic ring is 1. The summed E-state index contributed by atoms with van der Waals surface area (Å²) in [6.07, 6.45) is 2.90. The zero-order chi connectivity index (χ0) is 13.5. The van der Waals surface area contributed by atoms with Gasteiger partial charge < -0.3 is 22.3 Å². The summed E-state index contributed by atoms with van der Waals surface area (Å²) in [6, 6.07) is 3.22. The van der Waals surface area contributed by atoms with Gasteiger partial charge in [0.25, 0.3) is 0 Å². The van der Waals surface area contributed by atoms with Gasteiger partial charge >= 0.3 is 5.97 Å². The largest absolute Gasteiger partial charge is 0.478 e. The molecule has 1 aromatic carbocycles. The quantitative estimate of drug-likeness (QED) is 0.534. The first-order valence-electron chi connectivity index (χ1n) is 6.15. The monoisotopic (exact) mass is 251 g/mol. The van der Waals surface area contributed by atoms with Gasteiger partial charge in [0.15, 0.2) is 0 Å². The minimum Gasteiger partial charge on any atom is -0.478 e. The second-order valence-corrected chi connectivity index (χ2v) is 4.25. The van der Waals surface area contributed by atoms with Gasteiger partial charge in [-0.05, 0) is 62.0 Å². The SMILES string of the molecule is NCCCc1c(N)ccc(C(=O)O)c1CCCN. The van der Waals surface area contributed by atoms with Crippen molar-refractivity contribution < 1.29 is 9.90 Å². The Kier molecular flexibility index (Phi) is 5.61. The molecule has 5 heteroatoms. The Morgan fingerprint density at radius 2 is 1.61 bits per heavy atom. The van der Waals surface area contributed by atoms with E-state index in [2.05, 4.69) is 0 Å². The van der Waals surface area contributed by atoms with Crippen LogP contribution in [0.2, 0.25) is 0 Å². The van der Waals surface area contributed by atoms with Crippen molar-refractivity contribution in [1.82, 2.24) is 0 Å². The molecule has 0 aliphatic carbocycles. The van der Waals surface area contributed by atoms with Crippen LogP contribution in [0.1, 0.15) is 34.3 Å². The molecule has 5 nitrogen and oxygen atoms in total. The summed E-state index contributed by atoms with van der Waals surface area (Å²) in [6.45, 7) is 1.09. The molecule has 0 spiro atoms. The molecule has 100 valence electrons. The van der Waals surface area contributed by atoms with E-state index in [9.17, 15) is 9.90 Å². The number of hydrogen-bond acceptors (Lipinski definition) is 4. The summed E-state index contributed by atoms with van der Waals surface area (Å²) in [4.78, 5) is 11.2. The van der Waals surface area contributed by atoms with Gasteiger partial charge in [-0.1, -0.05) is 0 Å². The number of anilines is 1. The van der Waals surface area contributed by atoms with E-state index in [1.54, 1.807) is 12.1 Å². The van der Waals surface area contributed by atoms with Crippen molar-refractivity contribution in [1.29, 1.82) is 0 Å². The van der Waals surface area contributed by atoms with E-state index in [1.807, 2.05) is 0 Å². The third kappa shape index (κ3) is 3.45. The average molecular weight is 251 g/mol. The summed E-state index contributed by atoms with van der Waals surface area (Å²) in [5.74, 6) is -0.920. The van der Waals surface area contributed by atoms with Crippen LogP contribution >= 0.6 is 0 Å². The molecule has 0 heterocycles. The third-order valence-corrected chi connectivity index (χ3v) is 2.96. The zero-order valence-electron chi connectivity index (χ0n) is 10.5. The molecule has 0 atom stereocenters. The molecule has 0 fully saturated rings. The van der Waals surface area contributed by atoms with Crippen LogP contribution in [-0.4, -0.2) is 24.2 Å². The number of carbonyl (C=O) groups is 1. The van der Waals surface area contributed by atoms with Crippen molar-refractivity contribution in [2.24, 2.45) is 11.5 Å². The van der Waals surface area contributed by atoms with Gasteiger partial charge in [0.05, 0.1) is 5.56 Å². The van der Waals surface area contributed by atoms with Crippen LogP contribution in [0.15, 0.2) is 12.1 Å². The lowest BCUT2D eigenvalue weighted by Gasteiger charge is -2.15. The lowest BCUT2D eigenvalue weighted by atomic mass is 9.92. The molecule has 0 aliphatic heterocycles. The Hall–Kier alpha value is -1.59. The highest BCUT2D eigenvalue weighted by Gasteiger charge is 2.15. The molecular formula is C13H21N3O2. The lowest BCUT2D eigenvalue weighted by Crippen LogP contribution is -2.12. The molecule has 0 unspecified atom stereocenters. The van der Waals surface area contributed by atoms with Gasteiger partial charge in [-0.3, -0.25) is 0 Å². The van der Waals surface area contributed by atoms with Crippen molar-refractivity contribution >= 4 is 11.7 Å². The van der Waals surface area contributed by atoms with Crippen molar-refractivity contribution in [3.8, 4) is 0 Å². The van der Waals surface area contributed by atoms with Crippen molar-refractivity contribution in [2.45, 2.75) is 25.7 Å². The Labute approximate surface area is 107 Å². The van der Waals surface area contributed by atoms with Crippen LogP contribution in [-0.2, 0) is 12.8 Å². The summed E-state index contributed by atoms with van der Waals surface area (Å²) < 4.78 is 0. The maximum atomic E-state index is 11.2. The molecule has 0 saturated heterocycles. The van der Waals surface area contributed by atoms with Crippen LogP contribution in [0.25, 0.3) is 0 Å². The normalized spacial score (nSPS) is 10.6. The molecule has 18 heavy (non-hydrogen) atoms. The molecule has 0 amide bonds. The molecule has 1 rings (SSSR count). The summed E-state index contributed by atoms with van der Waals surface area (Å²) >= 11 is 0. The van der Waals surface area contributed by atoms with Gasteiger partial charge in [-0.2, -0.15) is 0 Å². The highest BCUT2D eigenvalue weighted by Crippen LogP contribution is 2.24. The highest BCUT2D eigenvalue weighted by molar-refractivity contribution is 5.90. The predicted octanol–water partition coefficient (Wildman–Crippen LogP) is 0.750. The van der Waals surface area contributed by atoms with Crippen LogP contribution in [0.4, 0.5) is 5.69 Å². The molecule has 0 bridgehead atoms. The minimum absolute atomic E-state index is 0.324. The van der Waals surface area contributed by atoms with Gasteiger partial charge in [0, 0.05) is 5.69 Å². The number of carboxylic acids is 1. The van der Waals surface area contributed by atoms with Crippen molar-refractivity contribution in [3.63, 3.8) is 0 Å². The Morgan fingerprint density at radius 3 is 2.11 bits per heavy atom. The molecule has 1 aromatic rings. The second kappa shape index (κ2) is 6.98. The van der Waals surface area contributed by atoms with E-state index in [1.165, 1.54) is 0 Å². The standard InChI is InChI=1S/C13H21N3O2/c14-7-1-3-9-10(4-2-8-15)12(16)6-5-11(9)13(17)18/h5-6H,1-4,7-8,14-16H2,(H,17,18). The first-order valence-corrected chi connectivity index (χ1v) is 6.15. The smallest absolute Gasteiger partial charge is 0.335 e. The average Bonchev–Trinajstić information content (AvgIpc) is 2.34. The number of carboxylic acid groups (broad SMARTS) is 1. The van der Waals surface area contributed by atoms with Crippen LogP contribution in [0, 0.1) is 0 Å². The van der Waals surface area contributed by atoms with Crippen molar-refractivity contribution in [2.75, 3.05) is 18.8 Å². The van der Waals surface area contributed by atoms with E-state index in [0.29, 0.717) is 37.2 Å². The molecule has 0 saturated carbocycles. The topological polar surface area (TPSA) is 115 Å². The van der Waals surface area contributed by atoms with E-state index in [0.717, 1.165) is 24.0 Å². The number of hydrogen-bond donors (Lipinski definition) is 4. The summed E-state index contributed by atoms with van der Waals surface area (Å²) in [7, 11) is 0. The predicted molar refractivity (Wildman–Crippen MR) is 72.6 cm³/mol. The molecular weight excluding hydrogens is 230 g/mol. The fourth-order valence-electron chi connectivity index (χ4n) is 2.05. The zero-order valence-corrected chi connectivity index (χ0v) is 10.5. The first-order chi connectivity index (χ1) is 8.61. The van der Waals surface area contributed by atoms with E-state index in [-0.39, 0.29) is 0 Å². The number of benzene rings is 1. The highest BCUT2D eigenvalue weighted by atomic mass is 16.4. The molecule has 0 radical (unpaired) electrons. The fourth-order valence-corrected chi connectivity index (χ4v) is 2.05. The Bertz CT molecular complexity index is 419. The van der Waals surface area contributed by atoms with Gasteiger partial charge in [0.1, 0.15) is 0 Å². The third-order valence-electron chi connectivity index (χ3n) is 2.96. The number of nitrogens with two attached hydrogens (primary N) is 3. The minimum atomic E-state index is -0.920. The van der Waals surface area contributed by atoms with Gasteiger partial charge in [0.2, 0.25) is 0 Å². The number of aromatic carboxylic acids is 1. The van der Waals surface area contributed by atoms with Gasteiger partial charge in [-0.15, -0.1) is 0 Å². The Balaban J connectivity index is 3.16. The summed E-state index contributed by atoms with van der Waals surface area (Å²) in [5.41, 5.74) is 19.6. The fraction of sp³-hybridized carbons (Fsp3) is 0.462. The lowest BCUT2D eigenvalue weighted by molar-refractivity contribution is 0.0695. The van der Waals surface area contributed by atoms with Crippen LogP contribution in [0.5, 0.6) is 0 Å². The summed E-state index contributed by atoms with van der Waals surface area (Å²) in [5, 5.41) is 9.21. The number of rotatable bonds is 7. The maximum Gasteiger partial charge on any atom is 0.335 e. The van der Waals surface area contributed by atoms with Crippen molar-refractivity contribution in [3.05, 3.63) is 28.8 Å². The molecule has 0 aliphatic rings. The van der Waals surface area contributed by atoms with Crippen LogP contribution in [0.3, 0.4) is 0 Å². The molecule has 7 N–H and O–H groups in total. The first kappa shape index (κ1) is 14.5. The van der Waals surface area contributed by atoms with Crippen LogP contribution < -0.4 is 17.2 Å². The maximum absolute atomic E-state index is 11.2. The van der Waals surface area contributed by atoms with E-state index >= 15 is 0 Å². The van der Waals surface area contributed by atoms with Gasteiger partial charge in [-0.25, -0.2) is 4.79 Å². The van der Waals surface area contributed by atoms with E-state index in [4.69, 9.17) is 17.2 Å². The van der Waals surface area contributed by atoms with E-state index < -0.39 is 5.97 Å². The Morgan fingerprint density at radius 1 is 1.06 bits per heavy atom. The molecule has 0 aromatic heterocycles. The second-order valence-electron chi connectivity index (χ2n) is 4.25.